The van der Waals surface area contributed by atoms with Crippen molar-refractivity contribution in [3.05, 3.63) is 29.8 Å². The third-order valence-corrected chi connectivity index (χ3v) is 2.49. The van der Waals surface area contributed by atoms with Crippen molar-refractivity contribution in [2.24, 2.45) is 17.4 Å². The topological polar surface area (TPSA) is 61.3 Å². The van der Waals surface area contributed by atoms with Gasteiger partial charge in [0.2, 0.25) is 0 Å². The standard InChI is InChI=1S/C13H22N2O/c1-10(2)16-13-5-3-11(4-6-13)7-12(8-14)9-15/h3-6,10,12H,7-9,14-15H2,1-2H3. The first kappa shape index (κ1) is 13.0. The smallest absolute Gasteiger partial charge is 0.119 e. The molecule has 4 N–H and O–H groups in total. The quantitative estimate of drug-likeness (QED) is 0.767. The first-order chi connectivity index (χ1) is 7.65. The average Bonchev–Trinajstić information content (AvgIpc) is 2.27. The fourth-order valence-electron chi connectivity index (χ4n) is 1.57. The molecule has 0 saturated heterocycles. The van der Waals surface area contributed by atoms with Crippen LogP contribution in [0.2, 0.25) is 0 Å². The monoisotopic (exact) mass is 222 g/mol. The number of benzene rings is 1. The van der Waals surface area contributed by atoms with Crippen LogP contribution < -0.4 is 16.2 Å². The van der Waals surface area contributed by atoms with Gasteiger partial charge >= 0.3 is 0 Å². The lowest BCUT2D eigenvalue weighted by Gasteiger charge is -2.13. The van der Waals surface area contributed by atoms with E-state index in [1.54, 1.807) is 0 Å². The summed E-state index contributed by atoms with van der Waals surface area (Å²) in [4.78, 5) is 0. The van der Waals surface area contributed by atoms with E-state index in [-0.39, 0.29) is 6.10 Å². The minimum atomic E-state index is 0.215. The molecule has 0 aromatic heterocycles. The summed E-state index contributed by atoms with van der Waals surface area (Å²) in [7, 11) is 0. The van der Waals surface area contributed by atoms with Gasteiger partial charge in [0.25, 0.3) is 0 Å². The first-order valence-corrected chi connectivity index (χ1v) is 5.81. The molecular formula is C13H22N2O. The van der Waals surface area contributed by atoms with Crippen molar-refractivity contribution in [3.8, 4) is 5.75 Å². The molecule has 1 rings (SSSR count). The van der Waals surface area contributed by atoms with Gasteiger partial charge in [0.15, 0.2) is 0 Å². The van der Waals surface area contributed by atoms with Gasteiger partial charge in [0.05, 0.1) is 6.10 Å². The Balaban J connectivity index is 2.57. The summed E-state index contributed by atoms with van der Waals surface area (Å²) in [6.45, 7) is 5.32. The number of ether oxygens (including phenoxy) is 1. The molecule has 16 heavy (non-hydrogen) atoms. The van der Waals surface area contributed by atoms with Crippen LogP contribution in [-0.2, 0) is 6.42 Å². The van der Waals surface area contributed by atoms with Crippen molar-refractivity contribution in [1.29, 1.82) is 0 Å². The molecule has 0 unspecified atom stereocenters. The Morgan fingerprint density at radius 2 is 1.62 bits per heavy atom. The largest absolute Gasteiger partial charge is 0.491 e. The van der Waals surface area contributed by atoms with Gasteiger partial charge in [-0.1, -0.05) is 12.1 Å². The van der Waals surface area contributed by atoms with Crippen LogP contribution in [0.5, 0.6) is 5.75 Å². The molecule has 0 atom stereocenters. The Kier molecular flexibility index (Phi) is 5.29. The molecule has 0 spiro atoms. The van der Waals surface area contributed by atoms with Crippen LogP contribution >= 0.6 is 0 Å². The van der Waals surface area contributed by atoms with Gasteiger partial charge in [-0.05, 0) is 57.0 Å². The van der Waals surface area contributed by atoms with Crippen molar-refractivity contribution in [2.75, 3.05) is 13.1 Å². The van der Waals surface area contributed by atoms with Crippen molar-refractivity contribution >= 4 is 0 Å². The number of hydrogen-bond donors (Lipinski definition) is 2. The van der Waals surface area contributed by atoms with E-state index in [1.807, 2.05) is 26.0 Å². The molecule has 0 amide bonds. The zero-order valence-corrected chi connectivity index (χ0v) is 10.1. The van der Waals surface area contributed by atoms with Gasteiger partial charge in [0, 0.05) is 0 Å². The molecule has 0 bridgehead atoms. The van der Waals surface area contributed by atoms with E-state index in [0.29, 0.717) is 19.0 Å². The summed E-state index contributed by atoms with van der Waals surface area (Å²) in [6, 6.07) is 8.16. The zero-order valence-electron chi connectivity index (χ0n) is 10.1. The maximum absolute atomic E-state index is 5.62. The summed E-state index contributed by atoms with van der Waals surface area (Å²) in [5.74, 6) is 1.28. The van der Waals surface area contributed by atoms with Crippen molar-refractivity contribution in [1.82, 2.24) is 0 Å². The highest BCUT2D eigenvalue weighted by Gasteiger charge is 2.05. The van der Waals surface area contributed by atoms with E-state index in [9.17, 15) is 0 Å². The van der Waals surface area contributed by atoms with Crippen LogP contribution in [0, 0.1) is 5.92 Å². The first-order valence-electron chi connectivity index (χ1n) is 5.81. The SMILES string of the molecule is CC(C)Oc1ccc(CC(CN)CN)cc1. The second-order valence-corrected chi connectivity index (χ2v) is 4.35. The lowest BCUT2D eigenvalue weighted by molar-refractivity contribution is 0.242. The van der Waals surface area contributed by atoms with Crippen LogP contribution in [0.3, 0.4) is 0 Å². The van der Waals surface area contributed by atoms with Gasteiger partial charge in [-0.25, -0.2) is 0 Å². The van der Waals surface area contributed by atoms with Gasteiger partial charge < -0.3 is 16.2 Å². The fourth-order valence-corrected chi connectivity index (χ4v) is 1.57. The summed E-state index contributed by atoms with van der Waals surface area (Å²) in [6.07, 6.45) is 1.15. The van der Waals surface area contributed by atoms with Crippen LogP contribution in [0.4, 0.5) is 0 Å². The summed E-state index contributed by atoms with van der Waals surface area (Å²) < 4.78 is 5.58. The number of nitrogens with two attached hydrogens (primary N) is 2. The summed E-state index contributed by atoms with van der Waals surface area (Å²) in [5.41, 5.74) is 12.5. The number of hydrogen-bond acceptors (Lipinski definition) is 3. The summed E-state index contributed by atoms with van der Waals surface area (Å²) in [5, 5.41) is 0. The molecule has 3 heteroatoms. The summed E-state index contributed by atoms with van der Waals surface area (Å²) >= 11 is 0. The predicted molar refractivity (Wildman–Crippen MR) is 67.5 cm³/mol. The molecule has 0 radical (unpaired) electrons. The molecule has 1 aromatic carbocycles. The Morgan fingerprint density at radius 3 is 2.06 bits per heavy atom. The van der Waals surface area contributed by atoms with Crippen LogP contribution in [-0.4, -0.2) is 19.2 Å². The fraction of sp³-hybridized carbons (Fsp3) is 0.538. The van der Waals surface area contributed by atoms with Gasteiger partial charge in [-0.2, -0.15) is 0 Å². The molecule has 0 aliphatic heterocycles. The minimum Gasteiger partial charge on any atom is -0.491 e. The average molecular weight is 222 g/mol. The van der Waals surface area contributed by atoms with Crippen LogP contribution in [0.15, 0.2) is 24.3 Å². The molecule has 0 fully saturated rings. The van der Waals surface area contributed by atoms with E-state index in [0.717, 1.165) is 12.2 Å². The lowest BCUT2D eigenvalue weighted by atomic mass is 10.00. The third kappa shape index (κ3) is 4.21. The van der Waals surface area contributed by atoms with E-state index in [4.69, 9.17) is 16.2 Å². The van der Waals surface area contributed by atoms with Crippen molar-refractivity contribution in [2.45, 2.75) is 26.4 Å². The molecule has 3 nitrogen and oxygen atoms in total. The van der Waals surface area contributed by atoms with Crippen molar-refractivity contribution in [3.63, 3.8) is 0 Å². The maximum Gasteiger partial charge on any atom is 0.119 e. The van der Waals surface area contributed by atoms with E-state index >= 15 is 0 Å². The molecule has 0 heterocycles. The molecule has 0 saturated carbocycles. The molecule has 1 aromatic rings. The second kappa shape index (κ2) is 6.51. The lowest BCUT2D eigenvalue weighted by Crippen LogP contribution is -2.25. The second-order valence-electron chi connectivity index (χ2n) is 4.35. The Hall–Kier alpha value is -1.06. The van der Waals surface area contributed by atoms with Crippen LogP contribution in [0.25, 0.3) is 0 Å². The minimum absolute atomic E-state index is 0.215. The van der Waals surface area contributed by atoms with E-state index in [1.165, 1.54) is 5.56 Å². The predicted octanol–water partition coefficient (Wildman–Crippen LogP) is 1.55. The Morgan fingerprint density at radius 1 is 1.06 bits per heavy atom. The molecule has 0 aliphatic rings. The third-order valence-electron chi connectivity index (χ3n) is 2.49. The van der Waals surface area contributed by atoms with Crippen LogP contribution in [0.1, 0.15) is 19.4 Å². The maximum atomic E-state index is 5.62. The highest BCUT2D eigenvalue weighted by molar-refractivity contribution is 5.27. The molecule has 0 aliphatic carbocycles. The Bertz CT molecular complexity index is 291. The van der Waals surface area contributed by atoms with E-state index < -0.39 is 0 Å². The van der Waals surface area contributed by atoms with E-state index in [2.05, 4.69) is 12.1 Å². The molecular weight excluding hydrogens is 200 g/mol. The Labute approximate surface area is 97.8 Å². The highest BCUT2D eigenvalue weighted by atomic mass is 16.5. The van der Waals surface area contributed by atoms with Gasteiger partial charge in [0.1, 0.15) is 5.75 Å². The van der Waals surface area contributed by atoms with Gasteiger partial charge in [-0.15, -0.1) is 0 Å². The normalized spacial score (nSPS) is 11.1. The van der Waals surface area contributed by atoms with Crippen molar-refractivity contribution < 1.29 is 4.74 Å². The number of rotatable bonds is 6. The molecule has 90 valence electrons. The zero-order chi connectivity index (χ0) is 12.0. The van der Waals surface area contributed by atoms with Gasteiger partial charge in [-0.3, -0.25) is 0 Å². The highest BCUT2D eigenvalue weighted by Crippen LogP contribution is 2.15.